The first-order valence-electron chi connectivity index (χ1n) is 7.40. The van der Waals surface area contributed by atoms with E-state index in [2.05, 4.69) is 5.32 Å². The first kappa shape index (κ1) is 18.3. The Kier molecular flexibility index (Phi) is 5.19. The summed E-state index contributed by atoms with van der Waals surface area (Å²) in [5.41, 5.74) is -0.229. The average Bonchev–Trinajstić information content (AvgIpc) is 3.09. The zero-order valence-corrected chi connectivity index (χ0v) is 15.0. The second-order valence-corrected chi connectivity index (χ2v) is 7.70. The van der Waals surface area contributed by atoms with E-state index in [9.17, 15) is 23.2 Å². The fourth-order valence-corrected chi connectivity index (χ4v) is 3.95. The molecule has 1 N–H and O–H groups in total. The van der Waals surface area contributed by atoms with E-state index < -0.39 is 35.2 Å². The van der Waals surface area contributed by atoms with E-state index in [1.54, 1.807) is 6.08 Å². The van der Waals surface area contributed by atoms with Crippen LogP contribution in [0.5, 0.6) is 0 Å². The number of hydrogen-bond donors (Lipinski definition) is 1. The van der Waals surface area contributed by atoms with Crippen LogP contribution in [0.2, 0.25) is 0 Å². The third-order valence-corrected chi connectivity index (χ3v) is 5.27. The zero-order valence-electron chi connectivity index (χ0n) is 13.4. The van der Waals surface area contributed by atoms with Gasteiger partial charge in [-0.3, -0.25) is 19.3 Å². The van der Waals surface area contributed by atoms with Gasteiger partial charge < -0.3 is 5.32 Å². The number of rotatable bonds is 4. The highest BCUT2D eigenvalue weighted by molar-refractivity contribution is 8.18. The van der Waals surface area contributed by atoms with Crippen molar-refractivity contribution in [2.45, 2.75) is 6.92 Å². The lowest BCUT2D eigenvalue weighted by Crippen LogP contribution is -2.36. The third kappa shape index (κ3) is 4.00. The van der Waals surface area contributed by atoms with Crippen LogP contribution in [0.4, 0.5) is 19.3 Å². The van der Waals surface area contributed by atoms with E-state index >= 15 is 0 Å². The van der Waals surface area contributed by atoms with Crippen LogP contribution in [0.25, 0.3) is 6.08 Å². The number of carbonyl (C=O) groups is 3. The molecule has 0 aliphatic carbocycles. The van der Waals surface area contributed by atoms with Crippen LogP contribution in [0, 0.1) is 18.6 Å². The molecule has 0 saturated carbocycles. The van der Waals surface area contributed by atoms with Crippen LogP contribution in [0.1, 0.15) is 9.75 Å². The molecular weight excluding hydrogens is 382 g/mol. The van der Waals surface area contributed by atoms with Gasteiger partial charge in [-0.1, -0.05) is 0 Å². The van der Waals surface area contributed by atoms with Gasteiger partial charge in [0.1, 0.15) is 18.2 Å². The van der Waals surface area contributed by atoms with Gasteiger partial charge in [0.15, 0.2) is 0 Å². The highest BCUT2D eigenvalue weighted by atomic mass is 32.2. The number of aryl methyl sites for hydroxylation is 1. The number of anilines is 1. The zero-order chi connectivity index (χ0) is 18.8. The number of benzene rings is 1. The van der Waals surface area contributed by atoms with Gasteiger partial charge in [0.25, 0.3) is 11.1 Å². The van der Waals surface area contributed by atoms with E-state index in [4.69, 9.17) is 0 Å². The van der Waals surface area contributed by atoms with Crippen molar-refractivity contribution in [2.24, 2.45) is 0 Å². The van der Waals surface area contributed by atoms with Crippen molar-refractivity contribution in [3.63, 3.8) is 0 Å². The molecule has 1 aromatic heterocycles. The summed E-state index contributed by atoms with van der Waals surface area (Å²) in [6.45, 7) is 1.37. The predicted octanol–water partition coefficient (Wildman–Crippen LogP) is 4.01. The van der Waals surface area contributed by atoms with E-state index in [1.807, 2.05) is 19.1 Å². The molecule has 3 rings (SSSR count). The van der Waals surface area contributed by atoms with E-state index in [0.717, 1.165) is 38.5 Å². The molecule has 0 radical (unpaired) electrons. The fraction of sp³-hybridized carbons (Fsp3) is 0.118. The third-order valence-electron chi connectivity index (χ3n) is 3.42. The Balaban J connectivity index is 1.69. The molecule has 26 heavy (non-hydrogen) atoms. The van der Waals surface area contributed by atoms with Crippen LogP contribution >= 0.6 is 23.1 Å². The van der Waals surface area contributed by atoms with Gasteiger partial charge in [-0.15, -0.1) is 11.3 Å². The number of imide groups is 1. The number of nitrogens with zero attached hydrogens (tertiary/aromatic N) is 1. The molecule has 2 aromatic rings. The number of thiophene rings is 1. The van der Waals surface area contributed by atoms with Crippen LogP contribution in [-0.2, 0) is 9.59 Å². The van der Waals surface area contributed by atoms with Gasteiger partial charge in [0, 0.05) is 15.8 Å². The molecule has 0 atom stereocenters. The molecule has 134 valence electrons. The summed E-state index contributed by atoms with van der Waals surface area (Å²) in [6.07, 6.45) is 1.60. The topological polar surface area (TPSA) is 66.5 Å². The molecule has 0 unspecified atom stereocenters. The van der Waals surface area contributed by atoms with Gasteiger partial charge in [-0.25, -0.2) is 8.78 Å². The monoisotopic (exact) mass is 394 g/mol. The minimum Gasteiger partial charge on any atom is -0.322 e. The lowest BCUT2D eigenvalue weighted by Gasteiger charge is -2.12. The van der Waals surface area contributed by atoms with Gasteiger partial charge in [-0.2, -0.15) is 0 Å². The Morgan fingerprint density at radius 2 is 2.00 bits per heavy atom. The van der Waals surface area contributed by atoms with Crippen molar-refractivity contribution < 1.29 is 23.2 Å². The molecule has 1 fully saturated rings. The summed E-state index contributed by atoms with van der Waals surface area (Å²) in [4.78, 5) is 39.3. The van der Waals surface area contributed by atoms with Crippen LogP contribution in [0.3, 0.4) is 0 Å². The lowest BCUT2D eigenvalue weighted by atomic mass is 10.3. The first-order chi connectivity index (χ1) is 12.3. The molecule has 3 amide bonds. The number of carbonyl (C=O) groups excluding carboxylic acids is 3. The molecule has 5 nitrogen and oxygen atoms in total. The Morgan fingerprint density at radius 1 is 1.23 bits per heavy atom. The summed E-state index contributed by atoms with van der Waals surface area (Å²) >= 11 is 2.21. The van der Waals surface area contributed by atoms with Crippen molar-refractivity contribution in [1.82, 2.24) is 4.90 Å². The average molecular weight is 394 g/mol. The van der Waals surface area contributed by atoms with Crippen LogP contribution in [0.15, 0.2) is 35.2 Å². The summed E-state index contributed by atoms with van der Waals surface area (Å²) in [5.74, 6) is -3.06. The van der Waals surface area contributed by atoms with Crippen molar-refractivity contribution >= 4 is 51.9 Å². The largest absolute Gasteiger partial charge is 0.322 e. The molecule has 0 spiro atoms. The Morgan fingerprint density at radius 3 is 2.65 bits per heavy atom. The second-order valence-electron chi connectivity index (χ2n) is 5.39. The van der Waals surface area contributed by atoms with Crippen LogP contribution in [-0.4, -0.2) is 28.5 Å². The maximum absolute atomic E-state index is 13.6. The first-order valence-corrected chi connectivity index (χ1v) is 9.03. The van der Waals surface area contributed by atoms with Crippen molar-refractivity contribution in [3.05, 3.63) is 56.6 Å². The van der Waals surface area contributed by atoms with E-state index in [-0.39, 0.29) is 10.6 Å². The maximum atomic E-state index is 13.6. The Bertz CT molecular complexity index is 940. The minimum atomic E-state index is -0.944. The lowest BCUT2D eigenvalue weighted by molar-refractivity contribution is -0.127. The normalized spacial score (nSPS) is 15.8. The highest BCUT2D eigenvalue weighted by Crippen LogP contribution is 2.33. The molecule has 1 aliphatic rings. The van der Waals surface area contributed by atoms with Gasteiger partial charge >= 0.3 is 0 Å². The summed E-state index contributed by atoms with van der Waals surface area (Å²) in [7, 11) is 0. The SMILES string of the molecule is Cc1ccc(/C=C2/SC(=O)N(CC(=O)Nc3ccc(F)cc3F)C2=O)s1. The fourth-order valence-electron chi connectivity index (χ4n) is 2.22. The number of halogens is 2. The van der Waals surface area contributed by atoms with Gasteiger partial charge in [0.05, 0.1) is 10.6 Å². The smallest absolute Gasteiger partial charge is 0.294 e. The molecule has 0 bridgehead atoms. The predicted molar refractivity (Wildman–Crippen MR) is 96.7 cm³/mol. The number of amides is 3. The van der Waals surface area contributed by atoms with Gasteiger partial charge in [-0.05, 0) is 49.0 Å². The molecular formula is C17H12F2N2O3S2. The molecule has 1 saturated heterocycles. The molecule has 1 aromatic carbocycles. The van der Waals surface area contributed by atoms with E-state index in [0.29, 0.717) is 6.07 Å². The molecule has 9 heteroatoms. The molecule has 2 heterocycles. The van der Waals surface area contributed by atoms with Crippen molar-refractivity contribution in [1.29, 1.82) is 0 Å². The van der Waals surface area contributed by atoms with Crippen LogP contribution < -0.4 is 5.32 Å². The number of thioether (sulfide) groups is 1. The number of nitrogens with one attached hydrogen (secondary N) is 1. The Hall–Kier alpha value is -2.52. The van der Waals surface area contributed by atoms with E-state index in [1.165, 1.54) is 11.3 Å². The summed E-state index contributed by atoms with van der Waals surface area (Å²) in [5, 5.41) is 1.64. The summed E-state index contributed by atoms with van der Waals surface area (Å²) < 4.78 is 26.4. The number of hydrogen-bond acceptors (Lipinski definition) is 5. The van der Waals surface area contributed by atoms with Gasteiger partial charge in [0.2, 0.25) is 5.91 Å². The maximum Gasteiger partial charge on any atom is 0.294 e. The van der Waals surface area contributed by atoms with Crippen molar-refractivity contribution in [2.75, 3.05) is 11.9 Å². The quantitative estimate of drug-likeness (QED) is 0.796. The molecule has 1 aliphatic heterocycles. The second kappa shape index (κ2) is 7.38. The Labute approximate surface area is 155 Å². The van der Waals surface area contributed by atoms with Crippen molar-refractivity contribution in [3.8, 4) is 0 Å². The standard InChI is InChI=1S/C17H12F2N2O3S2/c1-9-2-4-11(25-9)7-14-16(23)21(17(24)26-14)8-15(22)20-13-5-3-10(18)6-12(13)19/h2-7H,8H2,1H3,(H,20,22)/b14-7+. The summed E-state index contributed by atoms with van der Waals surface area (Å²) in [6, 6.07) is 6.41. The minimum absolute atomic E-state index is 0.220. The highest BCUT2D eigenvalue weighted by Gasteiger charge is 2.36.